The van der Waals surface area contributed by atoms with Gasteiger partial charge in [0.15, 0.2) is 0 Å². The molecule has 0 aliphatic rings. The van der Waals surface area contributed by atoms with E-state index in [4.69, 9.17) is 0 Å². The monoisotopic (exact) mass is 164 g/mol. The van der Waals surface area contributed by atoms with Crippen LogP contribution in [0.2, 0.25) is 0 Å². The van der Waals surface area contributed by atoms with E-state index in [1.807, 2.05) is 6.92 Å². The molecule has 3 nitrogen and oxygen atoms in total. The molecule has 0 amide bonds. The summed E-state index contributed by atoms with van der Waals surface area (Å²) in [5.74, 6) is 0. The standard InChI is InChI=1S/C9H10NO2/c1-2-4-8-5-3-6-9(7-8)10(11)12/h5-7H,2,4H2,1H3. The van der Waals surface area contributed by atoms with Crippen molar-refractivity contribution in [1.82, 2.24) is 0 Å². The predicted octanol–water partition coefficient (Wildman–Crippen LogP) is 2.35. The zero-order valence-electron chi connectivity index (χ0n) is 6.91. The van der Waals surface area contributed by atoms with E-state index in [9.17, 15) is 10.1 Å². The van der Waals surface area contributed by atoms with Gasteiger partial charge in [0.25, 0.3) is 5.69 Å². The molecule has 0 heterocycles. The Bertz CT molecular complexity index is 284. The van der Waals surface area contributed by atoms with Crippen LogP contribution in [-0.4, -0.2) is 4.92 Å². The summed E-state index contributed by atoms with van der Waals surface area (Å²) in [5.41, 5.74) is 1.10. The summed E-state index contributed by atoms with van der Waals surface area (Å²) in [4.78, 5) is 9.95. The molecule has 1 aromatic carbocycles. The van der Waals surface area contributed by atoms with Crippen LogP contribution in [0.25, 0.3) is 0 Å². The molecular weight excluding hydrogens is 154 g/mol. The number of hydrogen-bond donors (Lipinski definition) is 0. The van der Waals surface area contributed by atoms with Crippen LogP contribution in [0, 0.1) is 16.2 Å². The fourth-order valence-electron chi connectivity index (χ4n) is 1.05. The lowest BCUT2D eigenvalue weighted by molar-refractivity contribution is -0.384. The average Bonchev–Trinajstić information content (AvgIpc) is 2.05. The molecule has 0 unspecified atom stereocenters. The highest BCUT2D eigenvalue weighted by molar-refractivity contribution is 5.33. The van der Waals surface area contributed by atoms with Crippen molar-refractivity contribution in [2.75, 3.05) is 0 Å². The fraction of sp³-hybridized carbons (Fsp3) is 0.333. The van der Waals surface area contributed by atoms with Gasteiger partial charge in [-0.1, -0.05) is 19.4 Å². The molecule has 3 heteroatoms. The lowest BCUT2D eigenvalue weighted by Gasteiger charge is -1.96. The topological polar surface area (TPSA) is 43.1 Å². The van der Waals surface area contributed by atoms with E-state index in [1.54, 1.807) is 12.1 Å². The summed E-state index contributed by atoms with van der Waals surface area (Å²) in [6.07, 6.45) is 1.87. The van der Waals surface area contributed by atoms with E-state index in [0.29, 0.717) is 0 Å². The van der Waals surface area contributed by atoms with Gasteiger partial charge < -0.3 is 0 Å². The SMILES string of the molecule is CCCc1c[c]cc([N+](=O)[O-])c1. The maximum absolute atomic E-state index is 10.3. The van der Waals surface area contributed by atoms with Gasteiger partial charge in [0.05, 0.1) is 4.92 Å². The van der Waals surface area contributed by atoms with Crippen molar-refractivity contribution < 1.29 is 4.92 Å². The van der Waals surface area contributed by atoms with Crippen LogP contribution in [0.5, 0.6) is 0 Å². The number of nitro benzene ring substituents is 1. The summed E-state index contributed by atoms with van der Waals surface area (Å²) in [5, 5.41) is 10.3. The lowest BCUT2D eigenvalue weighted by atomic mass is 10.1. The minimum atomic E-state index is -0.393. The van der Waals surface area contributed by atoms with Crippen molar-refractivity contribution in [1.29, 1.82) is 0 Å². The molecule has 0 aromatic heterocycles. The number of nitro groups is 1. The Labute approximate surface area is 71.2 Å². The van der Waals surface area contributed by atoms with Crippen LogP contribution < -0.4 is 0 Å². The second-order valence-electron chi connectivity index (χ2n) is 2.61. The first-order valence-corrected chi connectivity index (χ1v) is 3.88. The molecule has 0 spiro atoms. The van der Waals surface area contributed by atoms with Gasteiger partial charge in [-0.2, -0.15) is 0 Å². The van der Waals surface area contributed by atoms with Crippen LogP contribution in [0.15, 0.2) is 18.2 Å². The van der Waals surface area contributed by atoms with Gasteiger partial charge in [-0.05, 0) is 18.1 Å². The second kappa shape index (κ2) is 3.85. The van der Waals surface area contributed by atoms with Crippen molar-refractivity contribution in [3.63, 3.8) is 0 Å². The average molecular weight is 164 g/mol. The van der Waals surface area contributed by atoms with E-state index in [-0.39, 0.29) is 5.69 Å². The van der Waals surface area contributed by atoms with Crippen LogP contribution >= 0.6 is 0 Å². The first-order chi connectivity index (χ1) is 5.74. The predicted molar refractivity (Wildman–Crippen MR) is 45.9 cm³/mol. The Balaban J connectivity index is 2.88. The molecule has 0 aliphatic carbocycles. The minimum absolute atomic E-state index is 0.126. The molecule has 0 aliphatic heterocycles. The van der Waals surface area contributed by atoms with Crippen molar-refractivity contribution >= 4 is 5.69 Å². The molecule has 63 valence electrons. The quantitative estimate of drug-likeness (QED) is 0.508. The van der Waals surface area contributed by atoms with Gasteiger partial charge in [0, 0.05) is 12.1 Å². The van der Waals surface area contributed by atoms with E-state index in [2.05, 4.69) is 6.07 Å². The Hall–Kier alpha value is -1.38. The summed E-state index contributed by atoms with van der Waals surface area (Å²) in [7, 11) is 0. The highest BCUT2D eigenvalue weighted by Crippen LogP contribution is 2.13. The van der Waals surface area contributed by atoms with Gasteiger partial charge in [0.2, 0.25) is 0 Å². The number of aryl methyl sites for hydroxylation is 1. The van der Waals surface area contributed by atoms with Crippen molar-refractivity contribution in [2.45, 2.75) is 19.8 Å². The zero-order valence-corrected chi connectivity index (χ0v) is 6.91. The maximum Gasteiger partial charge on any atom is 0.270 e. The minimum Gasteiger partial charge on any atom is -0.258 e. The van der Waals surface area contributed by atoms with Crippen LogP contribution in [0.4, 0.5) is 5.69 Å². The van der Waals surface area contributed by atoms with E-state index < -0.39 is 4.92 Å². The molecule has 1 aromatic rings. The molecule has 0 fully saturated rings. The van der Waals surface area contributed by atoms with Crippen LogP contribution in [0.3, 0.4) is 0 Å². The molecular formula is C9H10NO2. The smallest absolute Gasteiger partial charge is 0.258 e. The zero-order chi connectivity index (χ0) is 8.97. The molecule has 1 radical (unpaired) electrons. The third-order valence-electron chi connectivity index (χ3n) is 1.58. The lowest BCUT2D eigenvalue weighted by Crippen LogP contribution is -1.90. The first kappa shape index (κ1) is 8.71. The van der Waals surface area contributed by atoms with Crippen molar-refractivity contribution in [3.8, 4) is 0 Å². The molecule has 0 saturated heterocycles. The Morgan fingerprint density at radius 1 is 1.58 bits per heavy atom. The van der Waals surface area contributed by atoms with Gasteiger partial charge in [-0.3, -0.25) is 10.1 Å². The van der Waals surface area contributed by atoms with E-state index in [1.165, 1.54) is 6.07 Å². The summed E-state index contributed by atoms with van der Waals surface area (Å²) < 4.78 is 0. The molecule has 0 atom stereocenters. The largest absolute Gasteiger partial charge is 0.270 e. The number of benzene rings is 1. The number of nitrogens with zero attached hydrogens (tertiary/aromatic N) is 1. The van der Waals surface area contributed by atoms with Gasteiger partial charge >= 0.3 is 0 Å². The Morgan fingerprint density at radius 3 is 2.92 bits per heavy atom. The van der Waals surface area contributed by atoms with E-state index in [0.717, 1.165) is 18.4 Å². The molecule has 0 N–H and O–H groups in total. The number of non-ortho nitro benzene ring substituents is 1. The normalized spacial score (nSPS) is 9.75. The van der Waals surface area contributed by atoms with Crippen LogP contribution in [0.1, 0.15) is 18.9 Å². The third-order valence-corrected chi connectivity index (χ3v) is 1.58. The maximum atomic E-state index is 10.3. The highest BCUT2D eigenvalue weighted by Gasteiger charge is 2.04. The Kier molecular flexibility index (Phi) is 2.80. The molecule has 1 rings (SSSR count). The van der Waals surface area contributed by atoms with Gasteiger partial charge in [-0.25, -0.2) is 0 Å². The number of rotatable bonds is 3. The highest BCUT2D eigenvalue weighted by atomic mass is 16.6. The van der Waals surface area contributed by atoms with Crippen molar-refractivity contribution in [3.05, 3.63) is 39.9 Å². The summed E-state index contributed by atoms with van der Waals surface area (Å²) >= 11 is 0. The van der Waals surface area contributed by atoms with Crippen molar-refractivity contribution in [2.24, 2.45) is 0 Å². The first-order valence-electron chi connectivity index (χ1n) is 3.88. The summed E-state index contributed by atoms with van der Waals surface area (Å²) in [6, 6.07) is 7.53. The van der Waals surface area contributed by atoms with Gasteiger partial charge in [0.1, 0.15) is 0 Å². The molecule has 0 saturated carbocycles. The van der Waals surface area contributed by atoms with Gasteiger partial charge in [-0.15, -0.1) is 0 Å². The van der Waals surface area contributed by atoms with E-state index >= 15 is 0 Å². The number of hydrogen-bond acceptors (Lipinski definition) is 2. The Morgan fingerprint density at radius 2 is 2.33 bits per heavy atom. The summed E-state index contributed by atoms with van der Waals surface area (Å²) in [6.45, 7) is 2.04. The fourth-order valence-corrected chi connectivity index (χ4v) is 1.05. The second-order valence-corrected chi connectivity index (χ2v) is 2.61. The molecule has 12 heavy (non-hydrogen) atoms. The van der Waals surface area contributed by atoms with Crippen LogP contribution in [-0.2, 0) is 6.42 Å². The molecule has 0 bridgehead atoms. The third kappa shape index (κ3) is 2.05.